The van der Waals surface area contributed by atoms with Gasteiger partial charge in [-0.3, -0.25) is 19.6 Å². The number of carbonyl (C=O) groups is 2. The number of carbonyl (C=O) groups excluding carboxylic acids is 2. The Bertz CT molecular complexity index is 1190. The maximum atomic E-state index is 13.1. The van der Waals surface area contributed by atoms with E-state index in [0.717, 1.165) is 30.7 Å². The normalized spacial score (nSPS) is 14.8. The molecule has 0 radical (unpaired) electrons. The van der Waals surface area contributed by atoms with Gasteiger partial charge in [0, 0.05) is 37.7 Å². The zero-order valence-electron chi connectivity index (χ0n) is 19.5. The largest absolute Gasteiger partial charge is 0.488 e. The van der Waals surface area contributed by atoms with E-state index >= 15 is 0 Å². The number of hydrogen-bond acceptors (Lipinski definition) is 6. The number of nitrogens with zero attached hydrogens (tertiary/aromatic N) is 4. The van der Waals surface area contributed by atoms with E-state index in [1.54, 1.807) is 22.9 Å². The van der Waals surface area contributed by atoms with Crippen LogP contribution in [-0.2, 0) is 13.1 Å². The summed E-state index contributed by atoms with van der Waals surface area (Å²) in [7, 11) is 0. The number of imidazole rings is 1. The van der Waals surface area contributed by atoms with Crippen LogP contribution in [0.4, 0.5) is 5.95 Å². The van der Waals surface area contributed by atoms with Crippen molar-refractivity contribution in [1.29, 1.82) is 0 Å². The number of rotatable bonds is 9. The smallest absolute Gasteiger partial charge is 0.276 e. The van der Waals surface area contributed by atoms with E-state index in [9.17, 15) is 9.59 Å². The molecule has 1 fully saturated rings. The monoisotopic (exact) mass is 453 g/mol. The van der Waals surface area contributed by atoms with Crippen molar-refractivity contribution in [2.75, 3.05) is 18.4 Å². The van der Waals surface area contributed by atoms with Gasteiger partial charge in [0.15, 0.2) is 0 Å². The predicted octanol–water partition coefficient (Wildman–Crippen LogP) is 2.31. The second kappa shape index (κ2) is 9.22. The first-order chi connectivity index (χ1) is 15.8. The molecule has 0 spiro atoms. The Hall–Kier alpha value is -3.40. The molecule has 3 aromatic rings. The van der Waals surface area contributed by atoms with Gasteiger partial charge in [0.25, 0.3) is 5.91 Å². The van der Waals surface area contributed by atoms with Crippen LogP contribution < -0.4 is 21.1 Å². The highest BCUT2D eigenvalue weighted by Crippen LogP contribution is 2.33. The van der Waals surface area contributed by atoms with Crippen LogP contribution in [0.5, 0.6) is 5.75 Å². The fourth-order valence-corrected chi connectivity index (χ4v) is 4.07. The van der Waals surface area contributed by atoms with E-state index in [0.29, 0.717) is 47.5 Å². The highest BCUT2D eigenvalue weighted by molar-refractivity contribution is 6.04. The number of aromatic nitrogens is 4. The molecule has 4 rings (SSSR count). The van der Waals surface area contributed by atoms with Gasteiger partial charge in [0.1, 0.15) is 23.1 Å². The minimum atomic E-state index is -0.558. The molecule has 1 atom stereocenters. The maximum absolute atomic E-state index is 13.1. The molecule has 1 aromatic carbocycles. The predicted molar refractivity (Wildman–Crippen MR) is 126 cm³/mol. The van der Waals surface area contributed by atoms with Gasteiger partial charge in [-0.05, 0) is 45.4 Å². The van der Waals surface area contributed by atoms with Gasteiger partial charge in [-0.1, -0.05) is 6.92 Å². The summed E-state index contributed by atoms with van der Waals surface area (Å²) in [4.78, 5) is 29.7. The van der Waals surface area contributed by atoms with E-state index in [1.165, 1.54) is 0 Å². The van der Waals surface area contributed by atoms with Gasteiger partial charge >= 0.3 is 0 Å². The molecule has 0 aliphatic carbocycles. The molecular formula is C23H31N7O3. The minimum absolute atomic E-state index is 0.0533. The summed E-state index contributed by atoms with van der Waals surface area (Å²) < 4.78 is 9.90. The lowest BCUT2D eigenvalue weighted by Gasteiger charge is -2.32. The first-order valence-corrected chi connectivity index (χ1v) is 11.4. The number of nitrogens with one attached hydrogen (secondary N) is 2. The molecule has 176 valence electrons. The third-order valence-corrected chi connectivity index (χ3v) is 5.99. The van der Waals surface area contributed by atoms with E-state index in [-0.39, 0.29) is 12.0 Å². The Morgan fingerprint density at radius 2 is 2.06 bits per heavy atom. The molecule has 1 aliphatic heterocycles. The van der Waals surface area contributed by atoms with E-state index in [1.807, 2.05) is 32.3 Å². The lowest BCUT2D eigenvalue weighted by Crippen LogP contribution is -2.49. The van der Waals surface area contributed by atoms with Crippen molar-refractivity contribution in [1.82, 2.24) is 24.6 Å². The van der Waals surface area contributed by atoms with Crippen LogP contribution in [0.1, 0.15) is 53.7 Å². The molecule has 4 N–H and O–H groups in total. The molecule has 33 heavy (non-hydrogen) atoms. The van der Waals surface area contributed by atoms with Crippen LogP contribution >= 0.6 is 0 Å². The van der Waals surface area contributed by atoms with E-state index < -0.39 is 5.91 Å². The van der Waals surface area contributed by atoms with Gasteiger partial charge in [0.05, 0.1) is 11.2 Å². The van der Waals surface area contributed by atoms with E-state index in [4.69, 9.17) is 10.5 Å². The number of ether oxygens (including phenoxy) is 1. The number of amides is 2. The van der Waals surface area contributed by atoms with Crippen LogP contribution in [0.15, 0.2) is 18.2 Å². The SMILES string of the molecule is CCCn1c(NC(=O)c2cc(C)nn2CC)nc2cc(C(N)=O)cc(OC(C)C3CNC3)c21. The molecule has 10 nitrogen and oxygen atoms in total. The molecule has 0 saturated carbocycles. The van der Waals surface area contributed by atoms with Gasteiger partial charge < -0.3 is 20.4 Å². The Kier molecular flexibility index (Phi) is 6.37. The summed E-state index contributed by atoms with van der Waals surface area (Å²) >= 11 is 0. The van der Waals surface area contributed by atoms with Crippen molar-refractivity contribution in [2.24, 2.45) is 11.7 Å². The van der Waals surface area contributed by atoms with Crippen molar-refractivity contribution in [3.8, 4) is 5.75 Å². The fourth-order valence-electron chi connectivity index (χ4n) is 4.07. The van der Waals surface area contributed by atoms with Crippen molar-refractivity contribution in [3.05, 3.63) is 35.2 Å². The van der Waals surface area contributed by atoms with Crippen LogP contribution in [-0.4, -0.2) is 50.3 Å². The molecular weight excluding hydrogens is 422 g/mol. The van der Waals surface area contributed by atoms with E-state index in [2.05, 4.69) is 20.7 Å². The first-order valence-electron chi connectivity index (χ1n) is 11.4. The number of hydrogen-bond donors (Lipinski definition) is 3. The summed E-state index contributed by atoms with van der Waals surface area (Å²) in [6.07, 6.45) is 0.766. The van der Waals surface area contributed by atoms with Gasteiger partial charge in [-0.2, -0.15) is 5.10 Å². The van der Waals surface area contributed by atoms with Crippen molar-refractivity contribution >= 4 is 28.8 Å². The summed E-state index contributed by atoms with van der Waals surface area (Å²) in [5.74, 6) is 0.463. The van der Waals surface area contributed by atoms with Crippen LogP contribution in [0, 0.1) is 12.8 Å². The highest BCUT2D eigenvalue weighted by Gasteiger charge is 2.27. The highest BCUT2D eigenvalue weighted by atomic mass is 16.5. The number of nitrogens with two attached hydrogens (primary N) is 1. The number of aryl methyl sites for hydroxylation is 3. The Labute approximate surface area is 192 Å². The molecule has 10 heteroatoms. The molecule has 2 amide bonds. The summed E-state index contributed by atoms with van der Waals surface area (Å²) in [6.45, 7) is 10.8. The summed E-state index contributed by atoms with van der Waals surface area (Å²) in [5.41, 5.74) is 8.40. The number of fused-ring (bicyclic) bond motifs is 1. The molecule has 3 heterocycles. The van der Waals surface area contributed by atoms with Crippen LogP contribution in [0.2, 0.25) is 0 Å². The summed E-state index contributed by atoms with van der Waals surface area (Å²) in [5, 5.41) is 10.5. The first kappa shape index (κ1) is 22.8. The van der Waals surface area contributed by atoms with Gasteiger partial charge in [-0.25, -0.2) is 4.98 Å². The fraction of sp³-hybridized carbons (Fsp3) is 0.478. The van der Waals surface area contributed by atoms with Crippen molar-refractivity contribution < 1.29 is 14.3 Å². The minimum Gasteiger partial charge on any atom is -0.488 e. The average Bonchev–Trinajstić information content (AvgIpc) is 3.27. The number of benzene rings is 1. The summed E-state index contributed by atoms with van der Waals surface area (Å²) in [6, 6.07) is 5.06. The number of anilines is 1. The molecule has 0 bridgehead atoms. The molecule has 2 aromatic heterocycles. The Balaban J connectivity index is 1.77. The number of primary amides is 1. The maximum Gasteiger partial charge on any atom is 0.276 e. The standard InChI is InChI=1S/C23H31N7O3/c1-5-7-29-20-17(26-23(29)27-22(32)18-8-13(3)28-30(18)6-2)9-15(21(24)31)10-19(20)33-14(4)16-11-25-12-16/h8-10,14,16,25H,5-7,11-12H2,1-4H3,(H2,24,31)(H,26,27,32). The van der Waals surface area contributed by atoms with Gasteiger partial charge in [0.2, 0.25) is 11.9 Å². The molecule has 1 unspecified atom stereocenters. The van der Waals surface area contributed by atoms with Crippen molar-refractivity contribution in [3.63, 3.8) is 0 Å². The Morgan fingerprint density at radius 3 is 2.67 bits per heavy atom. The lowest BCUT2D eigenvalue weighted by molar-refractivity contribution is 0.0993. The molecule has 1 saturated heterocycles. The molecule has 1 aliphatic rings. The quantitative estimate of drug-likeness (QED) is 0.456. The second-order valence-corrected chi connectivity index (χ2v) is 8.48. The lowest BCUT2D eigenvalue weighted by atomic mass is 9.97. The Morgan fingerprint density at radius 1 is 1.30 bits per heavy atom. The second-order valence-electron chi connectivity index (χ2n) is 8.48. The van der Waals surface area contributed by atoms with Crippen molar-refractivity contribution in [2.45, 2.75) is 53.3 Å². The van der Waals surface area contributed by atoms with Gasteiger partial charge in [-0.15, -0.1) is 0 Å². The average molecular weight is 454 g/mol. The topological polar surface area (TPSA) is 129 Å². The van der Waals surface area contributed by atoms with Crippen LogP contribution in [0.25, 0.3) is 11.0 Å². The third kappa shape index (κ3) is 4.43. The van der Waals surface area contributed by atoms with Crippen LogP contribution in [0.3, 0.4) is 0 Å². The third-order valence-electron chi connectivity index (χ3n) is 5.99. The zero-order valence-corrected chi connectivity index (χ0v) is 19.5. The zero-order chi connectivity index (χ0) is 23.7.